The van der Waals surface area contributed by atoms with Gasteiger partial charge in [-0.05, 0) is 24.8 Å². The molecule has 5 heteroatoms. The number of unbranched alkanes of at least 4 members (excludes halogenated alkanes) is 2. The predicted octanol–water partition coefficient (Wildman–Crippen LogP) is 3.04. The average Bonchev–Trinajstić information content (AvgIpc) is 2.61. The van der Waals surface area contributed by atoms with Crippen molar-refractivity contribution in [3.05, 3.63) is 76.7 Å². The Morgan fingerprint density at radius 3 is 2.75 bits per heavy atom. The van der Waals surface area contributed by atoms with Gasteiger partial charge < -0.3 is 15.0 Å². The Morgan fingerprint density at radius 2 is 2.00 bits per heavy atom. The molecule has 0 aliphatic heterocycles. The molecule has 0 aliphatic rings. The molecular formula is C19H22N2O3. The highest BCUT2D eigenvalue weighted by Crippen LogP contribution is 2.12. The van der Waals surface area contributed by atoms with Crippen molar-refractivity contribution < 1.29 is 9.53 Å². The van der Waals surface area contributed by atoms with Crippen LogP contribution in [0.3, 0.4) is 0 Å². The zero-order chi connectivity index (χ0) is 17.2. The molecule has 2 N–H and O–H groups in total. The number of aromatic nitrogens is 1. The minimum absolute atomic E-state index is 0.0462. The number of H-pyrrole nitrogens is 1. The molecule has 1 amide bonds. The summed E-state index contributed by atoms with van der Waals surface area (Å²) in [7, 11) is 0. The normalized spacial score (nSPS) is 10.2. The third-order valence-corrected chi connectivity index (χ3v) is 3.49. The van der Waals surface area contributed by atoms with E-state index in [2.05, 4.69) is 16.9 Å². The summed E-state index contributed by atoms with van der Waals surface area (Å²) in [6.07, 6.45) is 6.04. The van der Waals surface area contributed by atoms with Crippen molar-refractivity contribution in [2.75, 3.05) is 6.54 Å². The quantitative estimate of drug-likeness (QED) is 0.549. The van der Waals surface area contributed by atoms with Crippen molar-refractivity contribution in [1.82, 2.24) is 10.3 Å². The van der Waals surface area contributed by atoms with Crippen LogP contribution in [0.1, 0.15) is 35.3 Å². The molecule has 5 nitrogen and oxygen atoms in total. The summed E-state index contributed by atoms with van der Waals surface area (Å²) in [5.74, 6) is -0.292. The van der Waals surface area contributed by atoms with E-state index in [0.717, 1.165) is 24.8 Å². The van der Waals surface area contributed by atoms with Crippen molar-refractivity contribution in [2.45, 2.75) is 25.9 Å². The van der Waals surface area contributed by atoms with Crippen LogP contribution < -0.4 is 15.5 Å². The third-order valence-electron chi connectivity index (χ3n) is 3.49. The number of pyridine rings is 1. The molecule has 1 aromatic carbocycles. The molecule has 0 radical (unpaired) electrons. The van der Waals surface area contributed by atoms with E-state index >= 15 is 0 Å². The number of carbonyl (C=O) groups is 1. The Hall–Kier alpha value is -2.82. The van der Waals surface area contributed by atoms with E-state index in [1.54, 1.807) is 0 Å². The first kappa shape index (κ1) is 17.5. The molecule has 0 spiro atoms. The highest BCUT2D eigenvalue weighted by Gasteiger charge is 2.16. The molecule has 24 heavy (non-hydrogen) atoms. The zero-order valence-electron chi connectivity index (χ0n) is 13.6. The summed E-state index contributed by atoms with van der Waals surface area (Å²) in [4.78, 5) is 27.1. The molecule has 0 aliphatic carbocycles. The monoisotopic (exact) mass is 326 g/mol. The number of amides is 1. The van der Waals surface area contributed by atoms with Crippen molar-refractivity contribution in [2.24, 2.45) is 0 Å². The van der Waals surface area contributed by atoms with Crippen LogP contribution in [0.5, 0.6) is 5.75 Å². The van der Waals surface area contributed by atoms with Gasteiger partial charge in [0, 0.05) is 18.8 Å². The molecule has 2 aromatic rings. The van der Waals surface area contributed by atoms with E-state index in [9.17, 15) is 9.59 Å². The second-order valence-corrected chi connectivity index (χ2v) is 5.36. The van der Waals surface area contributed by atoms with Crippen LogP contribution in [0.25, 0.3) is 0 Å². The Balaban J connectivity index is 2.01. The molecule has 126 valence electrons. The second kappa shape index (κ2) is 9.35. The number of allylic oxidation sites excluding steroid dienone is 1. The van der Waals surface area contributed by atoms with Crippen molar-refractivity contribution >= 4 is 5.91 Å². The summed E-state index contributed by atoms with van der Waals surface area (Å²) in [5, 5.41) is 2.80. The molecule has 0 unspecified atom stereocenters. The van der Waals surface area contributed by atoms with E-state index in [4.69, 9.17) is 4.74 Å². The highest BCUT2D eigenvalue weighted by molar-refractivity contribution is 5.94. The lowest BCUT2D eigenvalue weighted by Gasteiger charge is -2.11. The maximum absolute atomic E-state index is 12.3. The fraction of sp³-hybridized carbons (Fsp3) is 0.263. The molecule has 0 saturated heterocycles. The zero-order valence-corrected chi connectivity index (χ0v) is 13.6. The topological polar surface area (TPSA) is 71.2 Å². The molecule has 0 fully saturated rings. The number of carbonyl (C=O) groups excluding carboxylic acids is 1. The van der Waals surface area contributed by atoms with Gasteiger partial charge in [-0.2, -0.15) is 0 Å². The van der Waals surface area contributed by atoms with Gasteiger partial charge in [0.1, 0.15) is 6.61 Å². The van der Waals surface area contributed by atoms with Gasteiger partial charge in [0.25, 0.3) is 5.91 Å². The molecule has 0 atom stereocenters. The van der Waals surface area contributed by atoms with Gasteiger partial charge >= 0.3 is 0 Å². The average molecular weight is 326 g/mol. The second-order valence-electron chi connectivity index (χ2n) is 5.36. The summed E-state index contributed by atoms with van der Waals surface area (Å²) < 4.78 is 5.60. The maximum atomic E-state index is 12.3. The van der Waals surface area contributed by atoms with Crippen LogP contribution in [0.15, 0.2) is 60.0 Å². The summed E-state index contributed by atoms with van der Waals surface area (Å²) in [5.41, 5.74) is 0.764. The number of aromatic amines is 1. The first-order chi connectivity index (χ1) is 11.7. The number of benzene rings is 1. The Bertz CT molecular complexity index is 723. The summed E-state index contributed by atoms with van der Waals surface area (Å²) in [6, 6.07) is 10.8. The van der Waals surface area contributed by atoms with E-state index in [1.165, 1.54) is 12.3 Å². The molecule has 1 heterocycles. The van der Waals surface area contributed by atoms with Gasteiger partial charge in [0.05, 0.1) is 0 Å². The third kappa shape index (κ3) is 5.12. The summed E-state index contributed by atoms with van der Waals surface area (Å²) >= 11 is 0. The number of nitrogens with one attached hydrogen (secondary N) is 2. The van der Waals surface area contributed by atoms with E-state index < -0.39 is 0 Å². The van der Waals surface area contributed by atoms with Gasteiger partial charge in [0.2, 0.25) is 5.43 Å². The number of hydrogen-bond donors (Lipinski definition) is 2. The van der Waals surface area contributed by atoms with Crippen molar-refractivity contribution in [3.63, 3.8) is 0 Å². The lowest BCUT2D eigenvalue weighted by molar-refractivity contribution is 0.0942. The molecule has 1 aromatic heterocycles. The smallest absolute Gasteiger partial charge is 0.271 e. The molecular weight excluding hydrogens is 304 g/mol. The van der Waals surface area contributed by atoms with Gasteiger partial charge in [-0.3, -0.25) is 9.59 Å². The van der Waals surface area contributed by atoms with Crippen LogP contribution in [0.2, 0.25) is 0 Å². The van der Waals surface area contributed by atoms with E-state index in [0.29, 0.717) is 6.54 Å². The first-order valence-electron chi connectivity index (χ1n) is 8.00. The molecule has 0 saturated carbocycles. The van der Waals surface area contributed by atoms with Gasteiger partial charge in [-0.1, -0.05) is 36.4 Å². The SMILES string of the molecule is C=CCCCCNC(=O)c1[nH]ccc(=O)c1OCc1ccccc1. The van der Waals surface area contributed by atoms with Crippen LogP contribution in [-0.2, 0) is 6.61 Å². The number of hydrogen-bond acceptors (Lipinski definition) is 3. The van der Waals surface area contributed by atoms with Gasteiger partial charge in [-0.25, -0.2) is 0 Å². The van der Waals surface area contributed by atoms with Crippen molar-refractivity contribution in [1.29, 1.82) is 0 Å². The Kier molecular flexibility index (Phi) is 6.83. The van der Waals surface area contributed by atoms with E-state index in [1.807, 2.05) is 36.4 Å². The molecule has 2 rings (SSSR count). The van der Waals surface area contributed by atoms with E-state index in [-0.39, 0.29) is 29.4 Å². The minimum Gasteiger partial charge on any atom is -0.483 e. The fourth-order valence-electron chi connectivity index (χ4n) is 2.21. The lowest BCUT2D eigenvalue weighted by Crippen LogP contribution is -2.27. The van der Waals surface area contributed by atoms with Gasteiger partial charge in [0.15, 0.2) is 11.4 Å². The predicted molar refractivity (Wildman–Crippen MR) is 94.2 cm³/mol. The Labute approximate surface area is 141 Å². The maximum Gasteiger partial charge on any atom is 0.271 e. The number of ether oxygens (including phenoxy) is 1. The highest BCUT2D eigenvalue weighted by atomic mass is 16.5. The van der Waals surface area contributed by atoms with Crippen LogP contribution in [0, 0.1) is 0 Å². The lowest BCUT2D eigenvalue weighted by atomic mass is 10.2. The van der Waals surface area contributed by atoms with Crippen LogP contribution in [0.4, 0.5) is 0 Å². The fourth-order valence-corrected chi connectivity index (χ4v) is 2.21. The summed E-state index contributed by atoms with van der Waals surface area (Å²) in [6.45, 7) is 4.44. The number of rotatable bonds is 9. The van der Waals surface area contributed by atoms with Crippen LogP contribution >= 0.6 is 0 Å². The van der Waals surface area contributed by atoms with Crippen molar-refractivity contribution in [3.8, 4) is 5.75 Å². The molecule has 0 bridgehead atoms. The standard InChI is InChI=1S/C19H22N2O3/c1-2-3-4-8-12-21-19(23)17-18(16(22)11-13-20-17)24-14-15-9-6-5-7-10-15/h2,5-7,9-11,13H,1,3-4,8,12,14H2,(H,20,22)(H,21,23). The first-order valence-corrected chi connectivity index (χ1v) is 8.00. The minimum atomic E-state index is -0.339. The largest absolute Gasteiger partial charge is 0.483 e. The van der Waals surface area contributed by atoms with Crippen LogP contribution in [-0.4, -0.2) is 17.4 Å². The Morgan fingerprint density at radius 1 is 1.21 bits per heavy atom. The van der Waals surface area contributed by atoms with Gasteiger partial charge in [-0.15, -0.1) is 6.58 Å².